The van der Waals surface area contributed by atoms with E-state index >= 15 is 0 Å². The summed E-state index contributed by atoms with van der Waals surface area (Å²) in [5, 5.41) is 12.1. The molecule has 28 heavy (non-hydrogen) atoms. The third-order valence-corrected chi connectivity index (χ3v) is 5.52. The average molecular weight is 420 g/mol. The Kier molecular flexibility index (Phi) is 5.93. The molecule has 0 aliphatic heterocycles. The molecule has 0 spiro atoms. The van der Waals surface area contributed by atoms with Crippen LogP contribution in [-0.2, 0) is 0 Å². The van der Waals surface area contributed by atoms with Crippen LogP contribution >= 0.6 is 22.9 Å². The number of anilines is 1. The van der Waals surface area contributed by atoms with Gasteiger partial charge in [-0.15, -0.1) is 0 Å². The Bertz CT molecular complexity index is 1030. The van der Waals surface area contributed by atoms with Crippen molar-refractivity contribution in [1.29, 1.82) is 0 Å². The summed E-state index contributed by atoms with van der Waals surface area (Å²) in [6, 6.07) is 9.32. The number of thiazole rings is 1. The van der Waals surface area contributed by atoms with E-state index in [4.69, 9.17) is 11.6 Å². The number of likely N-dealkylation sites (N-methyl/N-ethyl adjacent to an activating group) is 1. The number of benzene rings is 2. The van der Waals surface area contributed by atoms with Gasteiger partial charge in [0.05, 0.1) is 42.3 Å². The monoisotopic (exact) mass is 419 g/mol. The molecule has 0 bridgehead atoms. The van der Waals surface area contributed by atoms with Gasteiger partial charge in [-0.1, -0.05) is 22.9 Å². The summed E-state index contributed by atoms with van der Waals surface area (Å²) in [6.45, 7) is 3.14. The SMILES string of the molecule is Cc1cc(Cl)cc2sc(N(CC[NH+](C)C)C(=O)c3ccc([N+](=O)[O-])cc3)nc12. The minimum absolute atomic E-state index is 0.0499. The maximum absolute atomic E-state index is 13.2. The third kappa shape index (κ3) is 4.30. The van der Waals surface area contributed by atoms with Crippen LogP contribution in [0.15, 0.2) is 36.4 Å². The summed E-state index contributed by atoms with van der Waals surface area (Å²) in [6.07, 6.45) is 0. The number of nitro groups is 1. The lowest BCUT2D eigenvalue weighted by atomic mass is 10.2. The molecule has 7 nitrogen and oxygen atoms in total. The molecular weight excluding hydrogens is 400 g/mol. The molecule has 3 rings (SSSR count). The number of carbonyl (C=O) groups is 1. The zero-order chi connectivity index (χ0) is 20.4. The predicted molar refractivity (Wildman–Crippen MR) is 112 cm³/mol. The molecular formula is C19H20ClN4O3S+. The predicted octanol–water partition coefficient (Wildman–Crippen LogP) is 2.96. The highest BCUT2D eigenvalue weighted by Gasteiger charge is 2.23. The van der Waals surface area contributed by atoms with E-state index in [2.05, 4.69) is 4.98 Å². The first kappa shape index (κ1) is 20.2. The molecule has 1 amide bonds. The molecule has 0 atom stereocenters. The number of quaternary nitrogens is 1. The fourth-order valence-corrected chi connectivity index (χ4v) is 4.20. The molecule has 1 N–H and O–H groups in total. The van der Waals surface area contributed by atoms with Gasteiger partial charge in [-0.05, 0) is 36.8 Å². The zero-order valence-corrected chi connectivity index (χ0v) is 17.3. The fourth-order valence-electron chi connectivity index (χ4n) is 2.76. The van der Waals surface area contributed by atoms with E-state index in [-0.39, 0.29) is 11.6 Å². The van der Waals surface area contributed by atoms with Crippen molar-refractivity contribution < 1.29 is 14.6 Å². The van der Waals surface area contributed by atoms with Crippen molar-refractivity contribution in [3.05, 3.63) is 62.7 Å². The van der Waals surface area contributed by atoms with Gasteiger partial charge in [0.1, 0.15) is 0 Å². The molecule has 2 aromatic carbocycles. The highest BCUT2D eigenvalue weighted by atomic mass is 35.5. The highest BCUT2D eigenvalue weighted by molar-refractivity contribution is 7.22. The second-order valence-corrected chi connectivity index (χ2v) is 8.23. The smallest absolute Gasteiger partial charge is 0.269 e. The number of amides is 1. The summed E-state index contributed by atoms with van der Waals surface area (Å²) in [5.41, 5.74) is 2.11. The van der Waals surface area contributed by atoms with Crippen LogP contribution in [0, 0.1) is 17.0 Å². The number of nitrogens with zero attached hydrogens (tertiary/aromatic N) is 3. The normalized spacial score (nSPS) is 11.2. The van der Waals surface area contributed by atoms with Crippen LogP contribution in [0.4, 0.5) is 10.8 Å². The summed E-state index contributed by atoms with van der Waals surface area (Å²) < 4.78 is 0.915. The van der Waals surface area contributed by atoms with Crippen molar-refractivity contribution in [2.45, 2.75) is 6.92 Å². The molecule has 0 aliphatic carbocycles. The van der Waals surface area contributed by atoms with E-state index in [9.17, 15) is 14.9 Å². The van der Waals surface area contributed by atoms with Gasteiger partial charge in [0.15, 0.2) is 5.13 Å². The van der Waals surface area contributed by atoms with Crippen LogP contribution in [0.1, 0.15) is 15.9 Å². The molecule has 3 aromatic rings. The Morgan fingerprint density at radius 2 is 1.96 bits per heavy atom. The Morgan fingerprint density at radius 1 is 1.29 bits per heavy atom. The Morgan fingerprint density at radius 3 is 2.57 bits per heavy atom. The molecule has 0 radical (unpaired) electrons. The van der Waals surface area contributed by atoms with Crippen molar-refractivity contribution in [3.63, 3.8) is 0 Å². The minimum Gasteiger partial charge on any atom is -0.338 e. The molecule has 0 saturated heterocycles. The van der Waals surface area contributed by atoms with Crippen molar-refractivity contribution in [1.82, 2.24) is 4.98 Å². The standard InChI is InChI=1S/C19H19ClN4O3S/c1-12-10-14(20)11-16-17(12)21-19(28-16)23(9-8-22(2)3)18(25)13-4-6-15(7-5-13)24(26)27/h4-7,10-11H,8-9H2,1-3H3/p+1. The topological polar surface area (TPSA) is 80.8 Å². The second kappa shape index (κ2) is 8.22. The first-order valence-corrected chi connectivity index (χ1v) is 9.87. The number of nitro benzene ring substituents is 1. The molecule has 1 heterocycles. The van der Waals surface area contributed by atoms with Crippen LogP contribution < -0.4 is 9.80 Å². The Balaban J connectivity index is 1.99. The molecule has 0 unspecified atom stereocenters. The highest BCUT2D eigenvalue weighted by Crippen LogP contribution is 2.33. The van der Waals surface area contributed by atoms with Crippen LogP contribution in [-0.4, -0.2) is 43.0 Å². The molecule has 0 aliphatic rings. The Hall–Kier alpha value is -2.55. The zero-order valence-electron chi connectivity index (χ0n) is 15.7. The van der Waals surface area contributed by atoms with Gasteiger partial charge in [0.2, 0.25) is 0 Å². The van der Waals surface area contributed by atoms with Gasteiger partial charge >= 0.3 is 0 Å². The quantitative estimate of drug-likeness (QED) is 0.492. The van der Waals surface area contributed by atoms with Gasteiger partial charge < -0.3 is 4.90 Å². The number of non-ortho nitro benzene ring substituents is 1. The summed E-state index contributed by atoms with van der Waals surface area (Å²) in [4.78, 5) is 31.0. The number of hydrogen-bond acceptors (Lipinski definition) is 5. The number of aromatic nitrogens is 1. The number of halogens is 1. The van der Waals surface area contributed by atoms with Crippen molar-refractivity contribution in [3.8, 4) is 0 Å². The van der Waals surface area contributed by atoms with Crippen LogP contribution in [0.25, 0.3) is 10.2 Å². The van der Waals surface area contributed by atoms with Crippen LogP contribution in [0.3, 0.4) is 0 Å². The van der Waals surface area contributed by atoms with E-state index in [0.717, 1.165) is 22.3 Å². The number of fused-ring (bicyclic) bond motifs is 1. The minimum atomic E-state index is -0.485. The summed E-state index contributed by atoms with van der Waals surface area (Å²) in [7, 11) is 4.02. The number of rotatable bonds is 6. The van der Waals surface area contributed by atoms with E-state index in [0.29, 0.717) is 22.3 Å². The third-order valence-electron chi connectivity index (χ3n) is 4.28. The second-order valence-electron chi connectivity index (χ2n) is 6.78. The van der Waals surface area contributed by atoms with Crippen molar-refractivity contribution >= 4 is 49.9 Å². The maximum Gasteiger partial charge on any atom is 0.269 e. The van der Waals surface area contributed by atoms with Gasteiger partial charge in [0, 0.05) is 22.7 Å². The molecule has 9 heteroatoms. The average Bonchev–Trinajstić information content (AvgIpc) is 3.05. The molecule has 0 fully saturated rings. The largest absolute Gasteiger partial charge is 0.338 e. The van der Waals surface area contributed by atoms with Gasteiger partial charge in [0.25, 0.3) is 11.6 Å². The first-order valence-electron chi connectivity index (χ1n) is 8.68. The number of carbonyl (C=O) groups excluding carboxylic acids is 1. The lowest BCUT2D eigenvalue weighted by Crippen LogP contribution is -3.06. The van der Waals surface area contributed by atoms with Gasteiger partial charge in [-0.3, -0.25) is 19.8 Å². The van der Waals surface area contributed by atoms with E-state index < -0.39 is 4.92 Å². The lowest BCUT2D eigenvalue weighted by Gasteiger charge is -2.20. The summed E-state index contributed by atoms with van der Waals surface area (Å²) in [5.74, 6) is -0.237. The number of nitrogens with one attached hydrogen (secondary N) is 1. The van der Waals surface area contributed by atoms with E-state index in [1.54, 1.807) is 4.90 Å². The van der Waals surface area contributed by atoms with Gasteiger partial charge in [-0.2, -0.15) is 0 Å². The number of hydrogen-bond donors (Lipinski definition) is 1. The molecule has 0 saturated carbocycles. The first-order chi connectivity index (χ1) is 13.3. The fraction of sp³-hybridized carbons (Fsp3) is 0.263. The van der Waals surface area contributed by atoms with Crippen LogP contribution in [0.2, 0.25) is 5.02 Å². The lowest BCUT2D eigenvalue weighted by molar-refractivity contribution is -0.856. The van der Waals surface area contributed by atoms with Crippen LogP contribution in [0.5, 0.6) is 0 Å². The van der Waals surface area contributed by atoms with Crippen molar-refractivity contribution in [2.24, 2.45) is 0 Å². The van der Waals surface area contributed by atoms with E-state index in [1.807, 2.05) is 33.2 Å². The van der Waals surface area contributed by atoms with Gasteiger partial charge in [-0.25, -0.2) is 4.98 Å². The Labute approximate surface area is 171 Å². The number of aryl methyl sites for hydroxylation is 1. The van der Waals surface area contributed by atoms with Crippen molar-refractivity contribution in [2.75, 3.05) is 32.1 Å². The maximum atomic E-state index is 13.2. The van der Waals surface area contributed by atoms with E-state index in [1.165, 1.54) is 40.5 Å². The summed E-state index contributed by atoms with van der Waals surface area (Å²) >= 11 is 7.56. The molecule has 146 valence electrons. The molecule has 1 aromatic heterocycles.